The Hall–Kier alpha value is -3.76. The summed E-state index contributed by atoms with van der Waals surface area (Å²) in [5.41, 5.74) is 1.31. The van der Waals surface area contributed by atoms with Crippen LogP contribution in [0.2, 0.25) is 0 Å². The van der Waals surface area contributed by atoms with E-state index in [2.05, 4.69) is 16.0 Å². The average Bonchev–Trinajstić information content (AvgIpc) is 3.21. The first-order valence-electron chi connectivity index (χ1n) is 13.4. The monoisotopic (exact) mass is 544 g/mol. The molecule has 214 valence electrons. The number of hydrogen-bond acceptors (Lipinski definition) is 7. The highest BCUT2D eigenvalue weighted by Gasteiger charge is 2.28. The van der Waals surface area contributed by atoms with Crippen molar-refractivity contribution < 1.29 is 33.5 Å². The standard InChI is InChI=1S/C28H40N4O7/c1-18(2)26(31-22(33)8-6-5-7-15-32-24(35)13-14-25(32)36)27(37)29-16-23(34)30-21-11-9-20(10-12-21)17-39-28(38)19(3)4/h9-12,18-19,26H,5-8,13-17H2,1-4H3,(H,29,37)(H,30,34)(H,31,33). The first-order valence-corrected chi connectivity index (χ1v) is 13.4. The van der Waals surface area contributed by atoms with E-state index in [1.807, 2.05) is 0 Å². The van der Waals surface area contributed by atoms with Gasteiger partial charge in [-0.05, 0) is 36.5 Å². The molecule has 1 aromatic rings. The van der Waals surface area contributed by atoms with Crippen LogP contribution in [0.15, 0.2) is 24.3 Å². The zero-order valence-corrected chi connectivity index (χ0v) is 23.2. The first kappa shape index (κ1) is 31.5. The highest BCUT2D eigenvalue weighted by Crippen LogP contribution is 2.14. The van der Waals surface area contributed by atoms with Gasteiger partial charge in [-0.2, -0.15) is 0 Å². The van der Waals surface area contributed by atoms with Gasteiger partial charge in [-0.15, -0.1) is 0 Å². The van der Waals surface area contributed by atoms with Crippen molar-refractivity contribution in [3.05, 3.63) is 29.8 Å². The summed E-state index contributed by atoms with van der Waals surface area (Å²) in [6.45, 7) is 7.36. The van der Waals surface area contributed by atoms with Crippen LogP contribution in [0.25, 0.3) is 0 Å². The topological polar surface area (TPSA) is 151 Å². The Bertz CT molecular complexity index is 1020. The maximum absolute atomic E-state index is 12.7. The summed E-state index contributed by atoms with van der Waals surface area (Å²) >= 11 is 0. The molecule has 0 aromatic heterocycles. The van der Waals surface area contributed by atoms with Crippen molar-refractivity contribution in [1.82, 2.24) is 15.5 Å². The van der Waals surface area contributed by atoms with Gasteiger partial charge in [0.1, 0.15) is 12.6 Å². The van der Waals surface area contributed by atoms with E-state index in [-0.39, 0.29) is 67.9 Å². The fraction of sp³-hybridized carbons (Fsp3) is 0.571. The minimum Gasteiger partial charge on any atom is -0.461 e. The fourth-order valence-electron chi connectivity index (χ4n) is 3.87. The van der Waals surface area contributed by atoms with E-state index in [1.165, 1.54) is 4.90 Å². The third-order valence-corrected chi connectivity index (χ3v) is 6.22. The molecule has 3 N–H and O–H groups in total. The normalized spacial score (nSPS) is 13.9. The SMILES string of the molecule is CC(C)C(=O)OCc1ccc(NC(=O)CNC(=O)C(NC(=O)CCCCCN2C(=O)CCC2=O)C(C)C)cc1. The van der Waals surface area contributed by atoms with Gasteiger partial charge in [0.15, 0.2) is 0 Å². The second kappa shape index (κ2) is 15.6. The van der Waals surface area contributed by atoms with Gasteiger partial charge in [0, 0.05) is 31.5 Å². The van der Waals surface area contributed by atoms with Gasteiger partial charge < -0.3 is 20.7 Å². The lowest BCUT2D eigenvalue weighted by Gasteiger charge is -2.21. The number of benzene rings is 1. The van der Waals surface area contributed by atoms with E-state index >= 15 is 0 Å². The van der Waals surface area contributed by atoms with E-state index in [1.54, 1.807) is 52.0 Å². The third kappa shape index (κ3) is 10.9. The van der Waals surface area contributed by atoms with E-state index in [0.717, 1.165) is 5.56 Å². The van der Waals surface area contributed by atoms with Crippen molar-refractivity contribution in [2.24, 2.45) is 11.8 Å². The maximum atomic E-state index is 12.7. The molecule has 2 rings (SSSR count). The Morgan fingerprint density at radius 3 is 2.13 bits per heavy atom. The van der Waals surface area contributed by atoms with Crippen molar-refractivity contribution in [2.45, 2.75) is 78.9 Å². The molecule has 0 saturated carbocycles. The Morgan fingerprint density at radius 1 is 0.897 bits per heavy atom. The van der Waals surface area contributed by atoms with Crippen LogP contribution in [0, 0.1) is 11.8 Å². The first-order chi connectivity index (χ1) is 18.5. The third-order valence-electron chi connectivity index (χ3n) is 6.22. The molecule has 1 aromatic carbocycles. The summed E-state index contributed by atoms with van der Waals surface area (Å²) in [7, 11) is 0. The van der Waals surface area contributed by atoms with E-state index < -0.39 is 17.9 Å². The summed E-state index contributed by atoms with van der Waals surface area (Å²) in [4.78, 5) is 73.5. The summed E-state index contributed by atoms with van der Waals surface area (Å²) < 4.78 is 5.18. The summed E-state index contributed by atoms with van der Waals surface area (Å²) in [5.74, 6) is -2.13. The molecule has 1 aliphatic rings. The van der Waals surface area contributed by atoms with Crippen molar-refractivity contribution in [3.8, 4) is 0 Å². The van der Waals surface area contributed by atoms with Crippen molar-refractivity contribution >= 4 is 41.2 Å². The summed E-state index contributed by atoms with van der Waals surface area (Å²) in [5, 5.41) is 7.99. The minimum atomic E-state index is -0.794. The van der Waals surface area contributed by atoms with Crippen LogP contribution in [-0.2, 0) is 40.1 Å². The zero-order valence-electron chi connectivity index (χ0n) is 23.2. The molecular formula is C28H40N4O7. The lowest BCUT2D eigenvalue weighted by molar-refractivity contribution is -0.148. The second-order valence-electron chi connectivity index (χ2n) is 10.3. The number of unbranched alkanes of at least 4 members (excludes halogenated alkanes) is 2. The quantitative estimate of drug-likeness (QED) is 0.174. The van der Waals surface area contributed by atoms with Crippen LogP contribution in [0.4, 0.5) is 5.69 Å². The highest BCUT2D eigenvalue weighted by molar-refractivity contribution is 6.01. The van der Waals surface area contributed by atoms with Crippen LogP contribution in [0.5, 0.6) is 0 Å². The lowest BCUT2D eigenvalue weighted by atomic mass is 10.0. The van der Waals surface area contributed by atoms with Crippen LogP contribution >= 0.6 is 0 Å². The number of carbonyl (C=O) groups excluding carboxylic acids is 6. The Labute approximate surface area is 229 Å². The number of likely N-dealkylation sites (tertiary alicyclic amines) is 1. The Balaban J connectivity index is 1.70. The zero-order chi connectivity index (χ0) is 28.9. The van der Waals surface area contributed by atoms with Crippen molar-refractivity contribution in [2.75, 3.05) is 18.4 Å². The predicted molar refractivity (Wildman–Crippen MR) is 144 cm³/mol. The van der Waals surface area contributed by atoms with Crippen LogP contribution in [0.1, 0.15) is 71.8 Å². The number of carbonyl (C=O) groups is 6. The maximum Gasteiger partial charge on any atom is 0.308 e. The van der Waals surface area contributed by atoms with Gasteiger partial charge in [-0.3, -0.25) is 33.7 Å². The number of hydrogen-bond donors (Lipinski definition) is 3. The van der Waals surface area contributed by atoms with E-state index in [0.29, 0.717) is 31.5 Å². The molecule has 11 heteroatoms. The van der Waals surface area contributed by atoms with Crippen LogP contribution < -0.4 is 16.0 Å². The number of imide groups is 1. The number of nitrogens with one attached hydrogen (secondary N) is 3. The lowest BCUT2D eigenvalue weighted by Crippen LogP contribution is -2.51. The molecular weight excluding hydrogens is 504 g/mol. The number of esters is 1. The smallest absolute Gasteiger partial charge is 0.308 e. The van der Waals surface area contributed by atoms with Gasteiger partial charge in [-0.1, -0.05) is 46.2 Å². The number of ether oxygens (including phenoxy) is 1. The summed E-state index contributed by atoms with van der Waals surface area (Å²) in [6.07, 6.45) is 2.62. The minimum absolute atomic E-state index is 0.142. The molecule has 5 amide bonds. The Morgan fingerprint density at radius 2 is 1.54 bits per heavy atom. The van der Waals surface area contributed by atoms with Crippen LogP contribution in [0.3, 0.4) is 0 Å². The van der Waals surface area contributed by atoms with Gasteiger partial charge in [0.2, 0.25) is 29.5 Å². The molecule has 1 aliphatic heterocycles. The molecule has 1 saturated heterocycles. The van der Waals surface area contributed by atoms with Crippen LogP contribution in [-0.4, -0.2) is 59.5 Å². The molecule has 1 heterocycles. The average molecular weight is 545 g/mol. The molecule has 0 bridgehead atoms. The number of amides is 5. The number of rotatable bonds is 15. The largest absolute Gasteiger partial charge is 0.461 e. The Kier molecular flexibility index (Phi) is 12.6. The fourth-order valence-corrected chi connectivity index (χ4v) is 3.87. The summed E-state index contributed by atoms with van der Waals surface area (Å²) in [6, 6.07) is 6.03. The molecule has 1 fully saturated rings. The number of nitrogens with zero attached hydrogens (tertiary/aromatic N) is 1. The molecule has 11 nitrogen and oxygen atoms in total. The molecule has 1 atom stereocenters. The highest BCUT2D eigenvalue weighted by atomic mass is 16.5. The molecule has 39 heavy (non-hydrogen) atoms. The van der Waals surface area contributed by atoms with E-state index in [4.69, 9.17) is 4.74 Å². The van der Waals surface area contributed by atoms with Gasteiger partial charge in [0.25, 0.3) is 0 Å². The molecule has 0 aliphatic carbocycles. The van der Waals surface area contributed by atoms with Gasteiger partial charge in [-0.25, -0.2) is 0 Å². The predicted octanol–water partition coefficient (Wildman–Crippen LogP) is 2.29. The molecule has 0 radical (unpaired) electrons. The second-order valence-corrected chi connectivity index (χ2v) is 10.3. The molecule has 1 unspecified atom stereocenters. The number of anilines is 1. The molecule has 0 spiro atoms. The van der Waals surface area contributed by atoms with E-state index in [9.17, 15) is 28.8 Å². The van der Waals surface area contributed by atoms with Gasteiger partial charge in [0.05, 0.1) is 12.5 Å². The van der Waals surface area contributed by atoms with Gasteiger partial charge >= 0.3 is 5.97 Å². The van der Waals surface area contributed by atoms with Crippen molar-refractivity contribution in [3.63, 3.8) is 0 Å². The van der Waals surface area contributed by atoms with Crippen molar-refractivity contribution in [1.29, 1.82) is 0 Å².